The fraction of sp³-hybridized carbons (Fsp3) is 0.208. The number of hydrogen-bond donors (Lipinski definition) is 4. The second kappa shape index (κ2) is 9.75. The number of aliphatic carboxylic acids is 1. The van der Waals surface area contributed by atoms with Crippen LogP contribution < -0.4 is 21.7 Å². The van der Waals surface area contributed by atoms with Gasteiger partial charge in [0.05, 0.1) is 18.3 Å². The van der Waals surface area contributed by atoms with Crippen molar-refractivity contribution in [3.63, 3.8) is 0 Å². The molecule has 0 spiro atoms. The lowest BCUT2D eigenvalue weighted by Crippen LogP contribution is -2.46. The molecular weight excluding hydrogens is 523 g/mol. The van der Waals surface area contributed by atoms with Gasteiger partial charge < -0.3 is 21.9 Å². The maximum atomic E-state index is 14.0. The zero-order valence-electron chi connectivity index (χ0n) is 19.4. The Morgan fingerprint density at radius 2 is 1.76 bits per heavy atom. The van der Waals surface area contributed by atoms with Gasteiger partial charge in [-0.3, -0.25) is 19.0 Å². The third-order valence-corrected chi connectivity index (χ3v) is 6.41. The van der Waals surface area contributed by atoms with Crippen LogP contribution in [0.5, 0.6) is 0 Å². The van der Waals surface area contributed by atoms with Crippen LogP contribution in [-0.4, -0.2) is 44.4 Å². The van der Waals surface area contributed by atoms with Gasteiger partial charge in [0.1, 0.15) is 17.3 Å². The number of benzene rings is 2. The molecule has 192 valence electrons. The third kappa shape index (κ3) is 4.95. The number of carboxylic acids is 1. The van der Waals surface area contributed by atoms with Gasteiger partial charge in [0, 0.05) is 22.2 Å². The van der Waals surface area contributed by atoms with Gasteiger partial charge in [0.2, 0.25) is 11.9 Å². The average Bonchev–Trinajstić information content (AvgIpc) is 3.32. The Morgan fingerprint density at radius 1 is 1.14 bits per heavy atom. The first-order valence-corrected chi connectivity index (χ1v) is 11.7. The molecule has 3 aromatic rings. The first-order chi connectivity index (χ1) is 17.4. The van der Waals surface area contributed by atoms with Crippen molar-refractivity contribution in [1.29, 1.82) is 0 Å². The number of amides is 3. The Labute approximate surface area is 220 Å². The summed E-state index contributed by atoms with van der Waals surface area (Å²) in [5.41, 5.74) is 11.1. The van der Waals surface area contributed by atoms with Crippen molar-refractivity contribution in [3.05, 3.63) is 70.0 Å². The molecule has 1 aliphatic heterocycles. The van der Waals surface area contributed by atoms with E-state index in [4.69, 9.17) is 34.7 Å². The maximum absolute atomic E-state index is 14.0. The van der Waals surface area contributed by atoms with Crippen LogP contribution in [0.15, 0.2) is 48.7 Å². The summed E-state index contributed by atoms with van der Waals surface area (Å²) >= 11 is 12.4. The number of nitrogens with two attached hydrogens (primary N) is 2. The van der Waals surface area contributed by atoms with Crippen molar-refractivity contribution >= 4 is 64.2 Å². The molecule has 37 heavy (non-hydrogen) atoms. The highest BCUT2D eigenvalue weighted by Gasteiger charge is 2.51. The van der Waals surface area contributed by atoms with Crippen molar-refractivity contribution in [3.8, 4) is 0 Å². The molecule has 0 bridgehead atoms. The van der Waals surface area contributed by atoms with E-state index >= 15 is 0 Å². The summed E-state index contributed by atoms with van der Waals surface area (Å²) in [7, 11) is 0. The minimum absolute atomic E-state index is 0.0901. The van der Waals surface area contributed by atoms with Crippen molar-refractivity contribution in [1.82, 2.24) is 14.9 Å². The summed E-state index contributed by atoms with van der Waals surface area (Å²) in [6.45, 7) is 1.64. The highest BCUT2D eigenvalue weighted by molar-refractivity contribution is 6.35. The Kier molecular flexibility index (Phi) is 6.85. The molecule has 4 rings (SSSR count). The van der Waals surface area contributed by atoms with Gasteiger partial charge >= 0.3 is 5.97 Å². The third-order valence-electron chi connectivity index (χ3n) is 5.98. The minimum atomic E-state index is -1.57. The molecule has 0 saturated heterocycles. The summed E-state index contributed by atoms with van der Waals surface area (Å²) in [6.07, 6.45) is 0.752. The predicted octanol–water partition coefficient (Wildman–Crippen LogP) is 2.47. The van der Waals surface area contributed by atoms with E-state index in [0.717, 1.165) is 5.56 Å². The Balaban J connectivity index is 1.83. The second-order valence-electron chi connectivity index (χ2n) is 8.77. The van der Waals surface area contributed by atoms with Gasteiger partial charge in [-0.15, -0.1) is 0 Å². The molecule has 1 aliphatic rings. The number of carboxylic acid groups (broad SMARTS) is 1. The van der Waals surface area contributed by atoms with E-state index in [1.54, 1.807) is 31.2 Å². The summed E-state index contributed by atoms with van der Waals surface area (Å²) in [6, 6.07) is 9.91. The zero-order valence-corrected chi connectivity index (χ0v) is 21.0. The lowest BCUT2D eigenvalue weighted by Gasteiger charge is -2.27. The van der Waals surface area contributed by atoms with E-state index in [1.165, 1.54) is 33.9 Å². The number of imidazole rings is 1. The van der Waals surface area contributed by atoms with Crippen LogP contribution >= 0.6 is 23.2 Å². The SMILES string of the molecule is C[C@@]1(Cc2ccc(N)cc2)C(=O)N(c2cc(Cl)cc(Cl)c2)c2ncc(C(=O)N[C@H](CC(N)=O)C(=O)O)n21. The van der Waals surface area contributed by atoms with Crippen molar-refractivity contribution in [2.75, 3.05) is 10.6 Å². The molecule has 11 nitrogen and oxygen atoms in total. The number of carbonyl (C=O) groups excluding carboxylic acids is 3. The number of aromatic nitrogens is 2. The Hall–Kier alpha value is -4.09. The van der Waals surface area contributed by atoms with E-state index in [0.29, 0.717) is 11.4 Å². The number of nitrogen functional groups attached to an aromatic ring is 1. The first-order valence-electron chi connectivity index (χ1n) is 11.0. The number of nitrogens with one attached hydrogen (secondary N) is 1. The van der Waals surface area contributed by atoms with Crippen molar-refractivity contribution < 1.29 is 24.3 Å². The molecule has 3 amide bonds. The number of hydrogen-bond acceptors (Lipinski definition) is 6. The van der Waals surface area contributed by atoms with Crippen molar-refractivity contribution in [2.45, 2.75) is 31.3 Å². The molecule has 0 unspecified atom stereocenters. The van der Waals surface area contributed by atoms with E-state index in [9.17, 15) is 24.3 Å². The van der Waals surface area contributed by atoms with Crippen LogP contribution in [0.4, 0.5) is 17.3 Å². The Bertz CT molecular complexity index is 1400. The van der Waals surface area contributed by atoms with Crippen LogP contribution in [0.25, 0.3) is 0 Å². The van der Waals surface area contributed by atoms with Crippen LogP contribution in [0, 0.1) is 0 Å². The molecule has 2 aromatic carbocycles. The molecule has 1 aromatic heterocycles. The van der Waals surface area contributed by atoms with Crippen LogP contribution in [0.1, 0.15) is 29.4 Å². The summed E-state index contributed by atoms with van der Waals surface area (Å²) in [5.74, 6) is -3.52. The smallest absolute Gasteiger partial charge is 0.326 e. The lowest BCUT2D eigenvalue weighted by atomic mass is 9.91. The summed E-state index contributed by atoms with van der Waals surface area (Å²) in [4.78, 5) is 55.7. The number of fused-ring (bicyclic) bond motifs is 1. The largest absolute Gasteiger partial charge is 0.480 e. The van der Waals surface area contributed by atoms with Gasteiger partial charge in [-0.05, 0) is 42.8 Å². The van der Waals surface area contributed by atoms with Crippen molar-refractivity contribution in [2.24, 2.45) is 5.73 Å². The van der Waals surface area contributed by atoms with Gasteiger partial charge in [0.15, 0.2) is 0 Å². The quantitative estimate of drug-likeness (QED) is 0.315. The number of rotatable bonds is 8. The maximum Gasteiger partial charge on any atom is 0.326 e. The second-order valence-corrected chi connectivity index (χ2v) is 9.65. The highest BCUT2D eigenvalue weighted by Crippen LogP contribution is 2.43. The number of nitrogens with zero attached hydrogens (tertiary/aromatic N) is 3. The van der Waals surface area contributed by atoms with Crippen LogP contribution in [-0.2, 0) is 26.3 Å². The van der Waals surface area contributed by atoms with E-state index in [1.807, 2.05) is 0 Å². The fourth-order valence-electron chi connectivity index (χ4n) is 4.30. The number of anilines is 3. The molecule has 0 radical (unpaired) electrons. The first kappa shape index (κ1) is 26.0. The zero-order chi connectivity index (χ0) is 27.1. The predicted molar refractivity (Wildman–Crippen MR) is 137 cm³/mol. The number of carbonyl (C=O) groups is 4. The van der Waals surface area contributed by atoms with E-state index in [-0.39, 0.29) is 28.1 Å². The molecule has 2 atom stereocenters. The summed E-state index contributed by atoms with van der Waals surface area (Å²) < 4.78 is 1.43. The molecule has 2 heterocycles. The minimum Gasteiger partial charge on any atom is -0.480 e. The van der Waals surface area contributed by atoms with Crippen LogP contribution in [0.3, 0.4) is 0 Å². The monoisotopic (exact) mass is 544 g/mol. The molecule has 6 N–H and O–H groups in total. The number of primary amides is 1. The lowest BCUT2D eigenvalue weighted by molar-refractivity contribution is -0.141. The molecular formula is C24H22Cl2N6O5. The molecule has 0 aliphatic carbocycles. The average molecular weight is 545 g/mol. The normalized spacial score (nSPS) is 17.4. The number of halogens is 2. The van der Waals surface area contributed by atoms with Crippen LogP contribution in [0.2, 0.25) is 10.0 Å². The molecule has 0 saturated carbocycles. The van der Waals surface area contributed by atoms with Gasteiger partial charge in [-0.1, -0.05) is 35.3 Å². The fourth-order valence-corrected chi connectivity index (χ4v) is 4.81. The van der Waals surface area contributed by atoms with E-state index in [2.05, 4.69) is 10.3 Å². The highest BCUT2D eigenvalue weighted by atomic mass is 35.5. The summed E-state index contributed by atoms with van der Waals surface area (Å²) in [5, 5.41) is 12.3. The standard InChI is InChI=1S/C24H22Cl2N6O5/c1-24(10-12-2-4-15(27)5-3-12)22(37)31(16-7-13(25)6-14(26)8-16)23-29-11-18(32(23)24)20(34)30-17(21(35)36)9-19(28)33/h2-8,11,17H,9-10,27H2,1H3,(H2,28,33)(H,30,34)(H,35,36)/t17-,24-/m1/s1. The molecule has 13 heteroatoms. The van der Waals surface area contributed by atoms with Gasteiger partial charge in [-0.2, -0.15) is 0 Å². The van der Waals surface area contributed by atoms with Gasteiger partial charge in [0.25, 0.3) is 11.8 Å². The molecule has 0 fully saturated rings. The van der Waals surface area contributed by atoms with Gasteiger partial charge in [-0.25, -0.2) is 14.7 Å². The topological polar surface area (TPSA) is 174 Å². The Morgan fingerprint density at radius 3 is 2.32 bits per heavy atom. The van der Waals surface area contributed by atoms with E-state index < -0.39 is 41.7 Å².